The van der Waals surface area contributed by atoms with Crippen LogP contribution >= 0.6 is 0 Å². The summed E-state index contributed by atoms with van der Waals surface area (Å²) in [5.74, 6) is -8.04. The lowest BCUT2D eigenvalue weighted by molar-refractivity contribution is -0.145. The molecule has 5 heterocycles. The molecule has 34 heteroatoms. The number of aromatic hydroxyl groups is 4. The second-order valence-electron chi connectivity index (χ2n) is 26.7. The normalized spacial score (nSPS) is 16.6. The van der Waals surface area contributed by atoms with Gasteiger partial charge in [0.1, 0.15) is 35.1 Å². The summed E-state index contributed by atoms with van der Waals surface area (Å²) in [7, 11) is 0. The Morgan fingerprint density at radius 3 is 1.24 bits per heavy atom. The van der Waals surface area contributed by atoms with E-state index in [-0.39, 0.29) is 149 Å². The minimum atomic E-state index is -1.54. The number of aliphatic carboxylic acids is 4. The third-order valence-electron chi connectivity index (χ3n) is 18.8. The van der Waals surface area contributed by atoms with E-state index in [1.54, 1.807) is 51.1 Å². The number of nitrogens with zero attached hydrogens (tertiary/aromatic N) is 12. The predicted octanol–water partition coefficient (Wildman–Crippen LogP) is 0.526. The van der Waals surface area contributed by atoms with Crippen LogP contribution in [-0.4, -0.2) is 300 Å². The minimum absolute atomic E-state index is 0.00266. The van der Waals surface area contributed by atoms with Crippen LogP contribution < -0.4 is 22.0 Å². The van der Waals surface area contributed by atoms with Gasteiger partial charge in [0.15, 0.2) is 11.6 Å². The van der Waals surface area contributed by atoms with E-state index in [1.165, 1.54) is 36.0 Å². The number of carboxylic acid groups (broad SMARTS) is 4. The summed E-state index contributed by atoms with van der Waals surface area (Å²) in [6.45, 7) is 9.66. The van der Waals surface area contributed by atoms with Gasteiger partial charge in [0.2, 0.25) is 23.6 Å². The molecule has 4 aromatic carbocycles. The lowest BCUT2D eigenvalue weighted by atomic mass is 9.98. The number of aromatic amines is 2. The lowest BCUT2D eigenvalue weighted by Gasteiger charge is -2.36. The van der Waals surface area contributed by atoms with E-state index >= 15 is 0 Å². The predicted molar refractivity (Wildman–Crippen MR) is 372 cm³/mol. The maximum Gasteiger partial charge on any atom is 0.348 e. The molecular weight excluding hydrogens is 1340 g/mol. The third-order valence-corrected chi connectivity index (χ3v) is 18.8. The van der Waals surface area contributed by atoms with Crippen LogP contribution in [0.1, 0.15) is 81.0 Å². The number of rotatable bonds is 27. The second kappa shape index (κ2) is 34.9. The van der Waals surface area contributed by atoms with Gasteiger partial charge in [-0.1, -0.05) is 52.0 Å². The summed E-state index contributed by atoms with van der Waals surface area (Å²) in [6, 6.07) is 17.0. The Kier molecular flexibility index (Phi) is 26.0. The first-order chi connectivity index (χ1) is 49.1. The molecule has 3 aliphatic heterocycles. The fourth-order valence-corrected chi connectivity index (χ4v) is 13.1. The number of hydrogen-bond donors (Lipinski definition) is 12. The number of piperazine rings is 2. The van der Waals surface area contributed by atoms with Crippen molar-refractivity contribution in [2.45, 2.75) is 84.0 Å². The number of phenolic OH excluding ortho intramolecular Hbond substituents is 4. The van der Waals surface area contributed by atoms with E-state index in [0.717, 1.165) is 11.1 Å². The first-order valence-electron chi connectivity index (χ1n) is 34.1. The monoisotopic (exact) mass is 1430 g/mol. The van der Waals surface area contributed by atoms with Crippen LogP contribution in [0.4, 0.5) is 0 Å². The van der Waals surface area contributed by atoms with Crippen molar-refractivity contribution in [1.82, 2.24) is 79.4 Å². The SMILES string of the molecule is CC(C)c1cc(-c2n[nH]c(=O)n2-c2ccc(CN3CCN(C(=O)CNC(=O)[C@H](CC(=O)N4CCN(Cc5ccc(-n6c(-c7cc(C(C)C)c(O)cc7O)n[nH]c6=O)cc5)CC4)NC(=O)CC[C@H](C(=O)O)N4CCN(CC(=O)O)CCN(CC(=O)O)CCN(CC(=O)O)CC4)CC3)cc2)c(O)cc1O. The molecule has 554 valence electrons. The highest BCUT2D eigenvalue weighted by Crippen LogP contribution is 2.39. The Morgan fingerprint density at radius 1 is 0.485 bits per heavy atom. The molecule has 6 aromatic rings. The van der Waals surface area contributed by atoms with E-state index in [1.807, 2.05) is 52.0 Å². The number of hydrogen-bond acceptors (Lipinski definition) is 22. The second-order valence-corrected chi connectivity index (χ2v) is 26.7. The molecular formula is C69H90N16O18. The van der Waals surface area contributed by atoms with E-state index in [2.05, 4.69) is 40.8 Å². The molecule has 0 bridgehead atoms. The molecule has 103 heavy (non-hydrogen) atoms. The number of carbonyl (C=O) groups excluding carboxylic acids is 4. The third kappa shape index (κ3) is 20.4. The van der Waals surface area contributed by atoms with Crippen LogP contribution in [-0.2, 0) is 51.4 Å². The van der Waals surface area contributed by atoms with Gasteiger partial charge in [0, 0.05) is 136 Å². The van der Waals surface area contributed by atoms with E-state index in [4.69, 9.17) is 0 Å². The van der Waals surface area contributed by atoms with Crippen LogP contribution in [0.2, 0.25) is 0 Å². The maximum atomic E-state index is 14.3. The highest BCUT2D eigenvalue weighted by molar-refractivity contribution is 5.94. The Bertz CT molecular complexity index is 4110. The molecule has 3 saturated heterocycles. The van der Waals surface area contributed by atoms with Crippen LogP contribution in [0.5, 0.6) is 23.0 Å². The maximum absolute atomic E-state index is 14.3. The van der Waals surface area contributed by atoms with Crippen molar-refractivity contribution < 1.29 is 79.2 Å². The highest BCUT2D eigenvalue weighted by atomic mass is 16.4. The van der Waals surface area contributed by atoms with Gasteiger partial charge in [-0.3, -0.25) is 67.8 Å². The number of phenols is 4. The van der Waals surface area contributed by atoms with Gasteiger partial charge in [-0.05, 0) is 76.9 Å². The molecule has 0 saturated carbocycles. The Hall–Kier alpha value is -10.5. The van der Waals surface area contributed by atoms with Crippen molar-refractivity contribution in [3.63, 3.8) is 0 Å². The number of amides is 4. The average Bonchev–Trinajstić information content (AvgIpc) is 1.69. The highest BCUT2D eigenvalue weighted by Gasteiger charge is 2.34. The molecule has 0 spiro atoms. The topological polar surface area (TPSA) is 450 Å². The quantitative estimate of drug-likeness (QED) is 0.0335. The summed E-state index contributed by atoms with van der Waals surface area (Å²) >= 11 is 0. The standard InChI is InChI=1S/C69H90N16O18/c1-42(2)48-31-50(56(88)34-54(48)86)64-72-74-68(102)84(64)46-9-5-44(6-10-46)37-76-21-27-82(28-22-76)59(91)33-52(71-58(90)14-13-53(67(100)101)81-25-19-79(40-62(95)96)17-15-78(39-61(93)94)16-18-80(20-26-81)41-63(97)98)66(99)70-36-60(92)83-29-23-77(24-30-83)38-45-7-11-47(12-8-45)85-65(73-75-69(85)103)51-32-49(43(3)4)55(87)35-57(51)89/h5-12,31-32,34-35,42-43,52-53,86-89H,13-30,33,36-41H2,1-4H3,(H,70,99)(H,71,90)(H,74,102)(H,75,103)(H,93,94)(H,95,96)(H,97,98)(H,100,101)/t52-,53+/m0/s1. The largest absolute Gasteiger partial charge is 0.508 e. The molecule has 4 amide bonds. The molecule has 34 nitrogen and oxygen atoms in total. The fraction of sp³-hybridized carbons (Fsp3) is 0.478. The first-order valence-corrected chi connectivity index (χ1v) is 34.1. The van der Waals surface area contributed by atoms with Crippen molar-refractivity contribution in [2.75, 3.05) is 131 Å². The molecule has 0 unspecified atom stereocenters. The van der Waals surface area contributed by atoms with E-state index < -0.39 is 103 Å². The van der Waals surface area contributed by atoms with Crippen LogP contribution in [0.25, 0.3) is 34.2 Å². The van der Waals surface area contributed by atoms with Crippen molar-refractivity contribution >= 4 is 47.5 Å². The summed E-state index contributed by atoms with van der Waals surface area (Å²) < 4.78 is 2.63. The summed E-state index contributed by atoms with van der Waals surface area (Å²) in [6.07, 6.45) is -1.37. The smallest absolute Gasteiger partial charge is 0.348 e. The molecule has 2 atom stereocenters. The molecule has 3 fully saturated rings. The van der Waals surface area contributed by atoms with Gasteiger partial charge in [0.05, 0.1) is 55.1 Å². The Labute approximate surface area is 591 Å². The number of carbonyl (C=O) groups is 8. The van der Waals surface area contributed by atoms with Gasteiger partial charge < -0.3 is 61.3 Å². The van der Waals surface area contributed by atoms with Crippen molar-refractivity contribution in [2.24, 2.45) is 0 Å². The zero-order valence-corrected chi connectivity index (χ0v) is 57.9. The minimum Gasteiger partial charge on any atom is -0.508 e. The van der Waals surface area contributed by atoms with Gasteiger partial charge in [-0.15, -0.1) is 0 Å². The molecule has 0 aliphatic carbocycles. The summed E-state index contributed by atoms with van der Waals surface area (Å²) in [4.78, 5) is 145. The number of H-pyrrole nitrogens is 2. The molecule has 2 aromatic heterocycles. The Balaban J connectivity index is 0.839. The number of aromatic nitrogens is 6. The van der Waals surface area contributed by atoms with E-state index in [0.29, 0.717) is 61.8 Å². The van der Waals surface area contributed by atoms with Gasteiger partial charge in [-0.25, -0.2) is 28.9 Å². The van der Waals surface area contributed by atoms with Crippen LogP contribution in [0.15, 0.2) is 82.4 Å². The first kappa shape index (κ1) is 76.7. The number of benzene rings is 4. The number of nitrogens with one attached hydrogen (secondary N) is 4. The zero-order valence-electron chi connectivity index (χ0n) is 57.9. The zero-order chi connectivity index (χ0) is 74.3. The Morgan fingerprint density at radius 2 is 0.864 bits per heavy atom. The molecule has 12 N–H and O–H groups in total. The summed E-state index contributed by atoms with van der Waals surface area (Å²) in [5, 5.41) is 101. The summed E-state index contributed by atoms with van der Waals surface area (Å²) in [5.41, 5.74) is 3.19. The van der Waals surface area contributed by atoms with Gasteiger partial charge in [-0.2, -0.15) is 10.2 Å². The van der Waals surface area contributed by atoms with Gasteiger partial charge >= 0.3 is 35.3 Å². The molecule has 9 rings (SSSR count). The van der Waals surface area contributed by atoms with Crippen LogP contribution in [0.3, 0.4) is 0 Å². The average molecular weight is 1430 g/mol. The van der Waals surface area contributed by atoms with Gasteiger partial charge in [0.25, 0.3) is 0 Å². The van der Waals surface area contributed by atoms with E-state index in [9.17, 15) is 88.8 Å². The molecule has 3 aliphatic rings. The lowest BCUT2D eigenvalue weighted by Crippen LogP contribution is -2.55. The molecule has 0 radical (unpaired) electrons. The van der Waals surface area contributed by atoms with Crippen molar-refractivity contribution in [3.05, 3.63) is 116 Å². The number of carboxylic acids is 4. The fourth-order valence-electron chi connectivity index (χ4n) is 13.1. The van der Waals surface area contributed by atoms with Crippen LogP contribution in [0, 0.1) is 0 Å². The van der Waals surface area contributed by atoms with Crippen molar-refractivity contribution in [3.8, 4) is 57.1 Å². The van der Waals surface area contributed by atoms with Crippen molar-refractivity contribution in [1.29, 1.82) is 0 Å².